The van der Waals surface area contributed by atoms with E-state index in [0.29, 0.717) is 0 Å². The molecule has 4 heteroatoms. The number of carbonyl (C=O) groups is 1. The molecule has 0 N–H and O–H groups in total. The van der Waals surface area contributed by atoms with Crippen LogP contribution in [-0.2, 0) is 16.6 Å². The number of methoxy groups -OCH3 is 1. The van der Waals surface area contributed by atoms with Crippen LogP contribution in [0.1, 0.15) is 12.6 Å². The second-order valence-electron chi connectivity index (χ2n) is 3.21. The van der Waals surface area contributed by atoms with Gasteiger partial charge in [0, 0.05) is 19.3 Å². The number of allylic oxidation sites excluding steroid dienone is 2. The van der Waals surface area contributed by atoms with E-state index in [2.05, 4.69) is 9.72 Å². The van der Waals surface area contributed by atoms with Crippen molar-refractivity contribution in [3.63, 3.8) is 0 Å². The van der Waals surface area contributed by atoms with Gasteiger partial charge in [-0.3, -0.25) is 0 Å². The topological polar surface area (TPSA) is 44.1 Å². The van der Waals surface area contributed by atoms with Gasteiger partial charge < -0.3 is 9.30 Å². The molecule has 80 valence electrons. The lowest BCUT2D eigenvalue weighted by molar-refractivity contribution is -0.134. The second kappa shape index (κ2) is 5.14. The third-order valence-corrected chi connectivity index (χ3v) is 1.79. The molecule has 1 aromatic heterocycles. The highest BCUT2D eigenvalue weighted by atomic mass is 16.5. The Kier molecular flexibility index (Phi) is 3.85. The highest BCUT2D eigenvalue weighted by molar-refractivity contribution is 5.83. The lowest BCUT2D eigenvalue weighted by atomic mass is 10.2. The van der Waals surface area contributed by atoms with Gasteiger partial charge in [-0.2, -0.15) is 0 Å². The molecule has 15 heavy (non-hydrogen) atoms. The monoisotopic (exact) mass is 206 g/mol. The molecule has 0 aliphatic carbocycles. The predicted octanol–water partition coefficient (Wildman–Crippen LogP) is 1.55. The fraction of sp³-hybridized carbons (Fsp3) is 0.273. The van der Waals surface area contributed by atoms with Crippen LogP contribution in [-0.4, -0.2) is 22.6 Å². The van der Waals surface area contributed by atoms with E-state index in [9.17, 15) is 4.79 Å². The van der Waals surface area contributed by atoms with Crippen LogP contribution in [0.3, 0.4) is 0 Å². The molecule has 0 unspecified atom stereocenters. The van der Waals surface area contributed by atoms with Crippen molar-refractivity contribution in [2.45, 2.75) is 6.92 Å². The Hall–Kier alpha value is -1.84. The Bertz CT molecular complexity index is 402. The van der Waals surface area contributed by atoms with E-state index in [0.717, 1.165) is 11.3 Å². The third-order valence-electron chi connectivity index (χ3n) is 1.79. The van der Waals surface area contributed by atoms with E-state index in [4.69, 9.17) is 0 Å². The van der Waals surface area contributed by atoms with Crippen LogP contribution in [0.2, 0.25) is 0 Å². The van der Waals surface area contributed by atoms with Gasteiger partial charge in [-0.05, 0) is 18.6 Å². The minimum atomic E-state index is -0.349. The van der Waals surface area contributed by atoms with Crippen LogP contribution in [0.4, 0.5) is 0 Å². The molecule has 0 atom stereocenters. The van der Waals surface area contributed by atoms with Gasteiger partial charge in [-0.25, -0.2) is 9.78 Å². The zero-order chi connectivity index (χ0) is 11.3. The van der Waals surface area contributed by atoms with E-state index in [1.54, 1.807) is 6.33 Å². The van der Waals surface area contributed by atoms with Crippen LogP contribution in [0.15, 0.2) is 30.2 Å². The van der Waals surface area contributed by atoms with E-state index in [1.807, 2.05) is 36.9 Å². The standard InChI is InChI=1S/C11H14N2O2/c1-9(6-11(14)15-3)4-5-10-7-13(2)8-12-10/h4-8H,1-3H3/b5-4+,9-6+. The van der Waals surface area contributed by atoms with Crippen molar-refractivity contribution < 1.29 is 9.53 Å². The maximum absolute atomic E-state index is 10.9. The molecule has 0 saturated heterocycles. The van der Waals surface area contributed by atoms with Crippen LogP contribution in [0.5, 0.6) is 0 Å². The van der Waals surface area contributed by atoms with Crippen molar-refractivity contribution in [3.05, 3.63) is 35.9 Å². The molecule has 0 spiro atoms. The molecule has 0 fully saturated rings. The largest absolute Gasteiger partial charge is 0.466 e. The van der Waals surface area contributed by atoms with Crippen molar-refractivity contribution in [3.8, 4) is 0 Å². The van der Waals surface area contributed by atoms with Crippen molar-refractivity contribution in [2.24, 2.45) is 7.05 Å². The van der Waals surface area contributed by atoms with E-state index < -0.39 is 0 Å². The number of imidazole rings is 1. The molecule has 1 heterocycles. The molecule has 0 amide bonds. The van der Waals surface area contributed by atoms with Gasteiger partial charge in [-0.15, -0.1) is 0 Å². The summed E-state index contributed by atoms with van der Waals surface area (Å²) < 4.78 is 6.37. The molecule has 1 aromatic rings. The molecule has 0 aromatic carbocycles. The van der Waals surface area contributed by atoms with Crippen molar-refractivity contribution >= 4 is 12.0 Å². The Balaban J connectivity index is 2.65. The molecule has 1 rings (SSSR count). The predicted molar refractivity (Wildman–Crippen MR) is 58.0 cm³/mol. The Morgan fingerprint density at radius 2 is 2.33 bits per heavy atom. The second-order valence-corrected chi connectivity index (χ2v) is 3.21. The maximum Gasteiger partial charge on any atom is 0.330 e. The molecule has 0 radical (unpaired) electrons. The molecule has 0 saturated carbocycles. The molecule has 4 nitrogen and oxygen atoms in total. The summed E-state index contributed by atoms with van der Waals surface area (Å²) >= 11 is 0. The first-order chi connectivity index (χ1) is 7.11. The summed E-state index contributed by atoms with van der Waals surface area (Å²) in [6, 6.07) is 0. The number of hydrogen-bond acceptors (Lipinski definition) is 3. The first-order valence-electron chi connectivity index (χ1n) is 4.54. The van der Waals surface area contributed by atoms with Gasteiger partial charge in [0.05, 0.1) is 19.1 Å². The minimum absolute atomic E-state index is 0.349. The van der Waals surface area contributed by atoms with Gasteiger partial charge >= 0.3 is 5.97 Å². The smallest absolute Gasteiger partial charge is 0.330 e. The molecule has 0 bridgehead atoms. The first-order valence-corrected chi connectivity index (χ1v) is 4.54. The number of hydrogen-bond donors (Lipinski definition) is 0. The summed E-state index contributed by atoms with van der Waals surface area (Å²) in [4.78, 5) is 15.0. The summed E-state index contributed by atoms with van der Waals surface area (Å²) in [5.74, 6) is -0.349. The number of carbonyl (C=O) groups excluding carboxylic acids is 1. The molecular formula is C11H14N2O2. The van der Waals surface area contributed by atoms with Crippen LogP contribution >= 0.6 is 0 Å². The quantitative estimate of drug-likeness (QED) is 0.428. The van der Waals surface area contributed by atoms with E-state index >= 15 is 0 Å². The van der Waals surface area contributed by atoms with Gasteiger partial charge in [0.1, 0.15) is 0 Å². The number of esters is 1. The first kappa shape index (κ1) is 11.2. The highest BCUT2D eigenvalue weighted by Gasteiger charge is 1.94. The van der Waals surface area contributed by atoms with Gasteiger partial charge in [0.25, 0.3) is 0 Å². The average Bonchev–Trinajstić information content (AvgIpc) is 2.61. The maximum atomic E-state index is 10.9. The fourth-order valence-corrected chi connectivity index (χ4v) is 1.03. The van der Waals surface area contributed by atoms with Crippen molar-refractivity contribution in [1.82, 2.24) is 9.55 Å². The lowest BCUT2D eigenvalue weighted by Gasteiger charge is -1.92. The number of aryl methyl sites for hydroxylation is 1. The van der Waals surface area contributed by atoms with Crippen LogP contribution in [0, 0.1) is 0 Å². The number of ether oxygens (including phenoxy) is 1. The Morgan fingerprint density at radius 3 is 2.87 bits per heavy atom. The number of nitrogens with zero attached hydrogens (tertiary/aromatic N) is 2. The molecule has 0 aliphatic rings. The summed E-state index contributed by atoms with van der Waals surface area (Å²) in [5.41, 5.74) is 1.68. The lowest BCUT2D eigenvalue weighted by Crippen LogP contribution is -1.94. The molecular weight excluding hydrogens is 192 g/mol. The van der Waals surface area contributed by atoms with E-state index in [-0.39, 0.29) is 5.97 Å². The fourth-order valence-electron chi connectivity index (χ4n) is 1.03. The minimum Gasteiger partial charge on any atom is -0.466 e. The van der Waals surface area contributed by atoms with Crippen molar-refractivity contribution in [1.29, 1.82) is 0 Å². The van der Waals surface area contributed by atoms with E-state index in [1.165, 1.54) is 13.2 Å². The zero-order valence-corrected chi connectivity index (χ0v) is 9.10. The van der Waals surface area contributed by atoms with Crippen LogP contribution < -0.4 is 0 Å². The number of rotatable bonds is 3. The van der Waals surface area contributed by atoms with Crippen LogP contribution in [0.25, 0.3) is 6.08 Å². The summed E-state index contributed by atoms with van der Waals surface area (Å²) in [6.07, 6.45) is 8.70. The van der Waals surface area contributed by atoms with Gasteiger partial charge in [0.15, 0.2) is 0 Å². The average molecular weight is 206 g/mol. The number of aromatic nitrogens is 2. The summed E-state index contributed by atoms with van der Waals surface area (Å²) in [5, 5.41) is 0. The SMILES string of the molecule is COC(=O)/C=C(C)/C=C/c1cn(C)cn1. The Morgan fingerprint density at radius 1 is 1.60 bits per heavy atom. The molecule has 0 aliphatic heterocycles. The Labute approximate surface area is 88.9 Å². The zero-order valence-electron chi connectivity index (χ0n) is 9.10. The normalized spacial score (nSPS) is 12.1. The third kappa shape index (κ3) is 3.81. The van der Waals surface area contributed by atoms with Gasteiger partial charge in [-0.1, -0.05) is 6.08 Å². The summed E-state index contributed by atoms with van der Waals surface area (Å²) in [7, 11) is 3.26. The summed E-state index contributed by atoms with van der Waals surface area (Å²) in [6.45, 7) is 1.83. The van der Waals surface area contributed by atoms with Gasteiger partial charge in [0.2, 0.25) is 0 Å². The van der Waals surface area contributed by atoms with Crippen molar-refractivity contribution in [2.75, 3.05) is 7.11 Å². The highest BCUT2D eigenvalue weighted by Crippen LogP contribution is 2.02.